The number of rotatable bonds is 4. The van der Waals surface area contributed by atoms with Gasteiger partial charge in [-0.25, -0.2) is 0 Å². The molecular weight excluding hydrogens is 448 g/mol. The van der Waals surface area contributed by atoms with Gasteiger partial charge in [0.2, 0.25) is 0 Å². The number of hydrogen-bond acceptors (Lipinski definition) is 3. The van der Waals surface area contributed by atoms with Crippen LogP contribution in [0.15, 0.2) is 62.1 Å². The second-order valence-corrected chi connectivity index (χ2v) is 7.20. The fourth-order valence-corrected chi connectivity index (χ4v) is 3.94. The lowest BCUT2D eigenvalue weighted by Gasteiger charge is -2.12. The third-order valence-corrected chi connectivity index (χ3v) is 4.74. The van der Waals surface area contributed by atoms with Crippen LogP contribution in [0.4, 0.5) is 5.69 Å². The Kier molecular flexibility index (Phi) is 5.39. The van der Waals surface area contributed by atoms with Crippen molar-refractivity contribution in [1.29, 1.82) is 0 Å². The zero-order valence-electron chi connectivity index (χ0n) is 13.8. The number of nitrogens with zero attached hydrogens (tertiary/aromatic N) is 2. The normalized spacial score (nSPS) is 15.7. The fraction of sp³-hybridized carbons (Fsp3) is 0.158. The first kappa shape index (κ1) is 17.9. The van der Waals surface area contributed by atoms with Crippen LogP contribution < -0.4 is 9.75 Å². The van der Waals surface area contributed by atoms with E-state index in [0.29, 0.717) is 23.6 Å². The molecule has 0 unspecified atom stereocenters. The van der Waals surface area contributed by atoms with Crippen LogP contribution in [0.3, 0.4) is 0 Å². The van der Waals surface area contributed by atoms with Gasteiger partial charge in [-0.05, 0) is 60.1 Å². The van der Waals surface area contributed by atoms with Crippen molar-refractivity contribution in [1.82, 2.24) is 0 Å². The molecule has 0 radical (unpaired) electrons. The van der Waals surface area contributed by atoms with Crippen molar-refractivity contribution in [3.63, 3.8) is 0 Å². The zero-order chi connectivity index (χ0) is 18.0. The van der Waals surface area contributed by atoms with Crippen LogP contribution in [0.25, 0.3) is 6.08 Å². The molecule has 0 spiro atoms. The van der Waals surface area contributed by atoms with Crippen molar-refractivity contribution < 1.29 is 9.53 Å². The Morgan fingerprint density at radius 2 is 1.92 bits per heavy atom. The minimum absolute atomic E-state index is 0.151. The highest BCUT2D eigenvalue weighted by Gasteiger charge is 2.29. The number of anilines is 1. The summed E-state index contributed by atoms with van der Waals surface area (Å²) in [5.41, 5.74) is 2.79. The lowest BCUT2D eigenvalue weighted by Crippen LogP contribution is -2.21. The molecule has 0 saturated carbocycles. The molecule has 0 atom stereocenters. The van der Waals surface area contributed by atoms with E-state index in [2.05, 4.69) is 37.0 Å². The van der Waals surface area contributed by atoms with E-state index in [0.717, 1.165) is 20.2 Å². The summed E-state index contributed by atoms with van der Waals surface area (Å²) < 4.78 is 7.46. The van der Waals surface area contributed by atoms with Crippen molar-refractivity contribution in [2.75, 3.05) is 11.6 Å². The lowest BCUT2D eigenvalue weighted by molar-refractivity contribution is -0.114. The Morgan fingerprint density at radius 3 is 2.60 bits per heavy atom. The Morgan fingerprint density at radius 1 is 1.20 bits per heavy atom. The van der Waals surface area contributed by atoms with Gasteiger partial charge in [-0.2, -0.15) is 10.1 Å². The number of ether oxygens (including phenoxy) is 1. The summed E-state index contributed by atoms with van der Waals surface area (Å²) in [6, 6.07) is 13.2. The van der Waals surface area contributed by atoms with Crippen LogP contribution in [0.5, 0.6) is 5.75 Å². The molecule has 3 rings (SSSR count). The second kappa shape index (κ2) is 7.54. The number of amides is 1. The van der Waals surface area contributed by atoms with Crippen LogP contribution in [-0.4, -0.2) is 18.2 Å². The minimum Gasteiger partial charge on any atom is -0.492 e. The molecule has 4 nitrogen and oxygen atoms in total. The molecule has 6 heteroatoms. The largest absolute Gasteiger partial charge is 0.492 e. The van der Waals surface area contributed by atoms with Crippen molar-refractivity contribution in [2.24, 2.45) is 5.10 Å². The molecule has 0 aliphatic carbocycles. The Hall–Kier alpha value is -1.92. The van der Waals surface area contributed by atoms with Crippen molar-refractivity contribution in [3.8, 4) is 5.75 Å². The highest BCUT2D eigenvalue weighted by molar-refractivity contribution is 9.11. The first-order valence-electron chi connectivity index (χ1n) is 7.80. The van der Waals surface area contributed by atoms with Crippen molar-refractivity contribution in [3.05, 3.63) is 62.5 Å². The van der Waals surface area contributed by atoms with Gasteiger partial charge in [0, 0.05) is 10.0 Å². The van der Waals surface area contributed by atoms with Gasteiger partial charge in [-0.3, -0.25) is 4.79 Å². The third kappa shape index (κ3) is 3.70. The minimum atomic E-state index is -0.151. The number of carbonyl (C=O) groups excluding carboxylic acids is 1. The predicted octanol–water partition coefficient (Wildman–Crippen LogP) is 5.42. The smallest absolute Gasteiger partial charge is 0.280 e. The predicted molar refractivity (Wildman–Crippen MR) is 108 cm³/mol. The van der Waals surface area contributed by atoms with E-state index < -0.39 is 0 Å². The average Bonchev–Trinajstić information content (AvgIpc) is 2.87. The molecule has 25 heavy (non-hydrogen) atoms. The third-order valence-electron chi connectivity index (χ3n) is 3.69. The summed E-state index contributed by atoms with van der Waals surface area (Å²) >= 11 is 7.00. The van der Waals surface area contributed by atoms with Gasteiger partial charge in [0.15, 0.2) is 0 Å². The van der Waals surface area contributed by atoms with E-state index in [1.165, 1.54) is 5.01 Å². The summed E-state index contributed by atoms with van der Waals surface area (Å²) in [6.07, 6.45) is 1.82. The number of para-hydroxylation sites is 1. The van der Waals surface area contributed by atoms with Crippen molar-refractivity contribution >= 4 is 55.2 Å². The molecule has 1 aliphatic heterocycles. The number of hydrazone groups is 1. The monoisotopic (exact) mass is 462 g/mol. The van der Waals surface area contributed by atoms with Gasteiger partial charge in [0.05, 0.1) is 28.1 Å². The highest BCUT2D eigenvalue weighted by Crippen LogP contribution is 2.35. The summed E-state index contributed by atoms with van der Waals surface area (Å²) in [4.78, 5) is 12.8. The maximum atomic E-state index is 12.8. The molecule has 0 fully saturated rings. The molecule has 1 amide bonds. The molecule has 0 bridgehead atoms. The number of benzene rings is 2. The number of hydrogen-bond donors (Lipinski definition) is 0. The SMILES string of the molecule is CCOc1c(Br)cc(Br)cc1/C=C1/C(=O)N(c2ccccc2)N=C1C. The lowest BCUT2D eigenvalue weighted by atomic mass is 10.1. The quantitative estimate of drug-likeness (QED) is 0.568. The van der Waals surface area contributed by atoms with Crippen LogP contribution in [-0.2, 0) is 4.79 Å². The summed E-state index contributed by atoms with van der Waals surface area (Å²) in [7, 11) is 0. The molecule has 128 valence electrons. The van der Waals surface area contributed by atoms with E-state index in [9.17, 15) is 4.79 Å². The van der Waals surface area contributed by atoms with Gasteiger partial charge in [-0.1, -0.05) is 34.1 Å². The van der Waals surface area contributed by atoms with E-state index in [4.69, 9.17) is 4.74 Å². The van der Waals surface area contributed by atoms with Crippen LogP contribution in [0.2, 0.25) is 0 Å². The molecule has 1 heterocycles. The van der Waals surface area contributed by atoms with Crippen LogP contribution in [0.1, 0.15) is 19.4 Å². The first-order chi connectivity index (χ1) is 12.0. The van der Waals surface area contributed by atoms with Gasteiger partial charge >= 0.3 is 0 Å². The van der Waals surface area contributed by atoms with Crippen molar-refractivity contribution in [2.45, 2.75) is 13.8 Å². The van der Waals surface area contributed by atoms with E-state index in [1.807, 2.05) is 62.4 Å². The standard InChI is InChI=1S/C19H16Br2N2O2/c1-3-25-18-13(9-14(20)11-17(18)21)10-16-12(2)22-23(19(16)24)15-7-5-4-6-8-15/h4-11H,3H2,1-2H3/b16-10+. The molecule has 1 aliphatic rings. The molecule has 2 aromatic carbocycles. The fourth-order valence-electron chi connectivity index (χ4n) is 2.57. The summed E-state index contributed by atoms with van der Waals surface area (Å²) in [5, 5.41) is 5.83. The second-order valence-electron chi connectivity index (χ2n) is 5.43. The van der Waals surface area contributed by atoms with E-state index >= 15 is 0 Å². The van der Waals surface area contributed by atoms with Gasteiger partial charge in [0.1, 0.15) is 5.75 Å². The van der Waals surface area contributed by atoms with E-state index in [-0.39, 0.29) is 5.91 Å². The highest BCUT2D eigenvalue weighted by atomic mass is 79.9. The Bertz CT molecular complexity index is 876. The molecule has 0 N–H and O–H groups in total. The van der Waals surface area contributed by atoms with Crippen LogP contribution in [0, 0.1) is 0 Å². The van der Waals surface area contributed by atoms with Crippen LogP contribution >= 0.6 is 31.9 Å². The summed E-state index contributed by atoms with van der Waals surface area (Å²) in [5.74, 6) is 0.555. The number of halogens is 2. The first-order valence-corrected chi connectivity index (χ1v) is 9.38. The maximum absolute atomic E-state index is 12.8. The zero-order valence-corrected chi connectivity index (χ0v) is 17.0. The average molecular weight is 464 g/mol. The van der Waals surface area contributed by atoms with Gasteiger partial charge in [0.25, 0.3) is 5.91 Å². The van der Waals surface area contributed by atoms with Gasteiger partial charge in [-0.15, -0.1) is 0 Å². The topological polar surface area (TPSA) is 41.9 Å². The maximum Gasteiger partial charge on any atom is 0.280 e. The molecular formula is C19H16Br2N2O2. The Labute approximate surface area is 163 Å². The Balaban J connectivity index is 2.03. The van der Waals surface area contributed by atoms with Gasteiger partial charge < -0.3 is 4.74 Å². The van der Waals surface area contributed by atoms with E-state index in [1.54, 1.807) is 0 Å². The summed E-state index contributed by atoms with van der Waals surface area (Å²) in [6.45, 7) is 4.30. The molecule has 0 aromatic heterocycles. The molecule has 0 saturated heterocycles. The number of carbonyl (C=O) groups is 1. The molecule has 2 aromatic rings.